The number of rotatable bonds is 5. The summed E-state index contributed by atoms with van der Waals surface area (Å²) in [5.74, 6) is 5.76. The van der Waals surface area contributed by atoms with Crippen LogP contribution in [0.4, 0.5) is 0 Å². The van der Waals surface area contributed by atoms with Gasteiger partial charge in [-0.1, -0.05) is 11.8 Å². The molecule has 0 bridgehead atoms. The first kappa shape index (κ1) is 14.7. The fourth-order valence-electron chi connectivity index (χ4n) is 1.30. The topological polar surface area (TPSA) is 55.6 Å². The average Bonchev–Trinajstić information content (AvgIpc) is 2.80. The van der Waals surface area contributed by atoms with E-state index in [1.807, 2.05) is 18.4 Å². The number of hydrogen-bond donors (Lipinski definition) is 1. The van der Waals surface area contributed by atoms with E-state index in [-0.39, 0.29) is 12.5 Å². The Morgan fingerprint density at radius 1 is 1.61 bits per heavy atom. The Kier molecular flexibility index (Phi) is 6.44. The van der Waals surface area contributed by atoms with Gasteiger partial charge in [0, 0.05) is 29.5 Å². The fourth-order valence-corrected chi connectivity index (χ4v) is 2.17. The average molecular weight is 266 g/mol. The minimum absolute atomic E-state index is 0.0140. The zero-order valence-corrected chi connectivity index (χ0v) is 11.5. The second-order valence-electron chi connectivity index (χ2n) is 3.69. The van der Waals surface area contributed by atoms with Gasteiger partial charge >= 0.3 is 0 Å². The number of hydrogen-bond acceptors (Lipinski definition) is 4. The van der Waals surface area contributed by atoms with Crippen molar-refractivity contribution < 1.29 is 9.53 Å². The quantitative estimate of drug-likeness (QED) is 0.811. The highest BCUT2D eigenvalue weighted by Gasteiger charge is 2.10. The van der Waals surface area contributed by atoms with Gasteiger partial charge in [0.2, 0.25) is 5.91 Å². The molecule has 0 fully saturated rings. The van der Waals surface area contributed by atoms with E-state index in [0.29, 0.717) is 19.7 Å². The zero-order valence-electron chi connectivity index (χ0n) is 10.7. The summed E-state index contributed by atoms with van der Waals surface area (Å²) in [6.45, 7) is 3.50. The molecule has 4 nitrogen and oxygen atoms in total. The minimum atomic E-state index is -0.0140. The zero-order chi connectivity index (χ0) is 13.4. The van der Waals surface area contributed by atoms with E-state index in [1.54, 1.807) is 23.3 Å². The minimum Gasteiger partial charge on any atom is -0.372 e. The second kappa shape index (κ2) is 7.88. The third kappa shape index (κ3) is 4.88. The van der Waals surface area contributed by atoms with Crippen LogP contribution in [0.2, 0.25) is 0 Å². The van der Waals surface area contributed by atoms with Crippen molar-refractivity contribution in [1.29, 1.82) is 0 Å². The van der Waals surface area contributed by atoms with Crippen LogP contribution in [0, 0.1) is 11.8 Å². The molecule has 0 atom stereocenters. The lowest BCUT2D eigenvalue weighted by Gasteiger charge is -2.15. The van der Waals surface area contributed by atoms with E-state index >= 15 is 0 Å². The molecule has 0 aliphatic heterocycles. The molecular formula is C13H18N2O2S. The van der Waals surface area contributed by atoms with Gasteiger partial charge in [-0.05, 0) is 13.0 Å². The highest BCUT2D eigenvalue weighted by molar-refractivity contribution is 7.10. The lowest BCUT2D eigenvalue weighted by atomic mass is 10.3. The summed E-state index contributed by atoms with van der Waals surface area (Å²) in [5.41, 5.74) is 6.26. The van der Waals surface area contributed by atoms with Crippen LogP contribution in [-0.4, -0.2) is 37.6 Å². The summed E-state index contributed by atoms with van der Waals surface area (Å²) >= 11 is 1.59. The summed E-state index contributed by atoms with van der Waals surface area (Å²) in [6, 6.07) is 1.98. The Balaban J connectivity index is 2.51. The molecule has 0 spiro atoms. The molecule has 1 heterocycles. The molecule has 1 rings (SSSR count). The molecule has 0 saturated carbocycles. The molecule has 0 aliphatic carbocycles. The summed E-state index contributed by atoms with van der Waals surface area (Å²) in [5, 5.41) is 1.97. The van der Waals surface area contributed by atoms with Crippen LogP contribution < -0.4 is 5.73 Å². The van der Waals surface area contributed by atoms with Gasteiger partial charge in [-0.2, -0.15) is 0 Å². The van der Waals surface area contributed by atoms with E-state index in [9.17, 15) is 4.79 Å². The van der Waals surface area contributed by atoms with Crippen LogP contribution in [0.5, 0.6) is 0 Å². The number of carbonyl (C=O) groups is 1. The van der Waals surface area contributed by atoms with Crippen molar-refractivity contribution in [2.75, 3.05) is 26.8 Å². The number of amides is 1. The van der Waals surface area contributed by atoms with E-state index in [2.05, 4.69) is 11.8 Å². The molecule has 0 radical (unpaired) electrons. The molecule has 5 heteroatoms. The van der Waals surface area contributed by atoms with Gasteiger partial charge < -0.3 is 15.4 Å². The van der Waals surface area contributed by atoms with Crippen molar-refractivity contribution >= 4 is 17.2 Å². The molecule has 1 aromatic rings. The number of carbonyl (C=O) groups excluding carboxylic acids is 1. The van der Waals surface area contributed by atoms with Crippen molar-refractivity contribution in [2.45, 2.75) is 13.5 Å². The monoisotopic (exact) mass is 266 g/mol. The van der Waals surface area contributed by atoms with Crippen molar-refractivity contribution in [2.24, 2.45) is 5.73 Å². The van der Waals surface area contributed by atoms with E-state index in [0.717, 1.165) is 10.4 Å². The largest absolute Gasteiger partial charge is 0.372 e. The predicted molar refractivity (Wildman–Crippen MR) is 73.2 cm³/mol. The molecule has 0 aliphatic rings. The lowest BCUT2D eigenvalue weighted by molar-refractivity contribution is -0.135. The molecule has 0 saturated heterocycles. The van der Waals surface area contributed by atoms with Crippen LogP contribution in [0.15, 0.2) is 11.4 Å². The van der Waals surface area contributed by atoms with Crippen molar-refractivity contribution in [3.05, 3.63) is 21.9 Å². The van der Waals surface area contributed by atoms with E-state index < -0.39 is 0 Å². The Morgan fingerprint density at radius 2 is 2.39 bits per heavy atom. The molecular weight excluding hydrogens is 248 g/mol. The van der Waals surface area contributed by atoms with Crippen LogP contribution in [0.1, 0.15) is 17.4 Å². The van der Waals surface area contributed by atoms with Gasteiger partial charge in [-0.3, -0.25) is 4.79 Å². The first-order valence-corrected chi connectivity index (χ1v) is 6.63. The molecule has 98 valence electrons. The van der Waals surface area contributed by atoms with Crippen molar-refractivity contribution in [3.8, 4) is 11.8 Å². The Bertz CT molecular complexity index is 445. The Labute approximate surface area is 112 Å². The lowest BCUT2D eigenvalue weighted by Crippen LogP contribution is -2.29. The Morgan fingerprint density at radius 3 is 3.06 bits per heavy atom. The third-order valence-corrected chi connectivity index (χ3v) is 3.16. The Hall–Kier alpha value is -1.35. The second-order valence-corrected chi connectivity index (χ2v) is 4.69. The smallest absolute Gasteiger partial charge is 0.248 e. The van der Waals surface area contributed by atoms with Crippen molar-refractivity contribution in [3.63, 3.8) is 0 Å². The van der Waals surface area contributed by atoms with E-state index in [1.165, 1.54) is 0 Å². The third-order valence-electron chi connectivity index (χ3n) is 2.24. The van der Waals surface area contributed by atoms with Gasteiger partial charge in [0.1, 0.15) is 6.61 Å². The van der Waals surface area contributed by atoms with Gasteiger partial charge in [-0.25, -0.2) is 0 Å². The van der Waals surface area contributed by atoms with Gasteiger partial charge in [-0.15, -0.1) is 11.3 Å². The normalized spacial score (nSPS) is 9.72. The first-order chi connectivity index (χ1) is 8.67. The molecule has 2 N–H and O–H groups in total. The maximum absolute atomic E-state index is 11.6. The highest BCUT2D eigenvalue weighted by Crippen LogP contribution is 2.15. The van der Waals surface area contributed by atoms with Crippen LogP contribution in [0.3, 0.4) is 0 Å². The van der Waals surface area contributed by atoms with E-state index in [4.69, 9.17) is 10.5 Å². The van der Waals surface area contributed by atoms with Crippen LogP contribution in [-0.2, 0) is 16.1 Å². The predicted octanol–water partition coefficient (Wildman–Crippen LogP) is 1.05. The first-order valence-electron chi connectivity index (χ1n) is 5.75. The standard InChI is InChI=1S/C13H18N2O2S/c1-3-17-9-13(16)15(2)8-12-7-11(10-18-12)5-4-6-14/h7,10H,3,6,8-9,14H2,1-2H3. The van der Waals surface area contributed by atoms with Gasteiger partial charge in [0.25, 0.3) is 0 Å². The van der Waals surface area contributed by atoms with Gasteiger partial charge in [0.05, 0.1) is 13.1 Å². The molecule has 1 aromatic heterocycles. The number of thiophene rings is 1. The summed E-state index contributed by atoms with van der Waals surface area (Å²) < 4.78 is 5.09. The van der Waals surface area contributed by atoms with Crippen molar-refractivity contribution in [1.82, 2.24) is 4.90 Å². The van der Waals surface area contributed by atoms with Crippen LogP contribution >= 0.6 is 11.3 Å². The maximum atomic E-state index is 11.6. The maximum Gasteiger partial charge on any atom is 0.248 e. The highest BCUT2D eigenvalue weighted by atomic mass is 32.1. The number of likely N-dealkylation sites (N-methyl/N-ethyl adjacent to an activating group) is 1. The van der Waals surface area contributed by atoms with Gasteiger partial charge in [0.15, 0.2) is 0 Å². The molecule has 0 unspecified atom stereocenters. The SMILES string of the molecule is CCOCC(=O)N(C)Cc1cc(C#CCN)cs1. The molecule has 18 heavy (non-hydrogen) atoms. The summed E-state index contributed by atoms with van der Waals surface area (Å²) in [7, 11) is 1.77. The fraction of sp³-hybridized carbons (Fsp3) is 0.462. The number of nitrogens with zero attached hydrogens (tertiary/aromatic N) is 1. The van der Waals surface area contributed by atoms with Crippen LogP contribution in [0.25, 0.3) is 0 Å². The summed E-state index contributed by atoms with van der Waals surface area (Å²) in [4.78, 5) is 14.4. The summed E-state index contributed by atoms with van der Waals surface area (Å²) in [6.07, 6.45) is 0. The molecule has 0 aromatic carbocycles. The molecule has 1 amide bonds. The number of ether oxygens (including phenoxy) is 1. The number of nitrogens with two attached hydrogens (primary N) is 1.